The Morgan fingerprint density at radius 3 is 2.82 bits per heavy atom. The van der Waals surface area contributed by atoms with Crippen molar-refractivity contribution in [3.05, 3.63) is 58.9 Å². The third-order valence-electron chi connectivity index (χ3n) is 5.08. The van der Waals surface area contributed by atoms with Gasteiger partial charge in [0.05, 0.1) is 0 Å². The van der Waals surface area contributed by atoms with Crippen LogP contribution in [0.5, 0.6) is 5.75 Å². The third-order valence-corrected chi connectivity index (χ3v) is 5.08. The summed E-state index contributed by atoms with van der Waals surface area (Å²) in [7, 11) is 0. The first kappa shape index (κ1) is 18.0. The van der Waals surface area contributed by atoms with Crippen LogP contribution >= 0.6 is 0 Å². The van der Waals surface area contributed by atoms with E-state index in [4.69, 9.17) is 0 Å². The molecule has 0 aliphatic carbocycles. The second-order valence-electron chi connectivity index (χ2n) is 6.86. The maximum atomic E-state index is 13.9. The van der Waals surface area contributed by atoms with Crippen molar-refractivity contribution in [1.29, 1.82) is 0 Å². The van der Waals surface area contributed by atoms with Crippen molar-refractivity contribution in [1.82, 2.24) is 10.2 Å². The Bertz CT molecular complexity index is 991. The van der Waals surface area contributed by atoms with E-state index in [1.165, 1.54) is 23.1 Å². The van der Waals surface area contributed by atoms with Gasteiger partial charge in [0.2, 0.25) is 11.8 Å². The lowest BCUT2D eigenvalue weighted by Gasteiger charge is -2.29. The molecule has 0 radical (unpaired) electrons. The summed E-state index contributed by atoms with van der Waals surface area (Å²) >= 11 is 0. The van der Waals surface area contributed by atoms with Gasteiger partial charge < -0.3 is 15.3 Å². The Labute approximate surface area is 160 Å². The molecule has 8 heteroatoms. The number of hydrogen-bond donors (Lipinski definition) is 3. The fourth-order valence-electron chi connectivity index (χ4n) is 3.64. The highest BCUT2D eigenvalue weighted by atomic mass is 19.1. The molecule has 2 aromatic rings. The van der Waals surface area contributed by atoms with Crippen molar-refractivity contribution in [2.75, 3.05) is 5.32 Å². The molecule has 0 saturated carbocycles. The minimum atomic E-state index is -0.686. The highest BCUT2D eigenvalue weighted by molar-refractivity contribution is 6.06. The molecule has 0 spiro atoms. The zero-order chi connectivity index (χ0) is 19.8. The van der Waals surface area contributed by atoms with Crippen molar-refractivity contribution < 1.29 is 23.9 Å². The summed E-state index contributed by atoms with van der Waals surface area (Å²) in [6.45, 7) is 0.357. The summed E-state index contributed by atoms with van der Waals surface area (Å²) in [5.74, 6) is -1.54. The number of anilines is 1. The van der Waals surface area contributed by atoms with Gasteiger partial charge in [0.1, 0.15) is 17.6 Å². The number of rotatable bonds is 4. The van der Waals surface area contributed by atoms with Crippen LogP contribution < -0.4 is 10.6 Å². The van der Waals surface area contributed by atoms with Gasteiger partial charge in [-0.25, -0.2) is 4.39 Å². The number of nitrogens with zero attached hydrogens (tertiary/aromatic N) is 1. The SMILES string of the molecule is O=C1CCC(N2Cc3c(NCc4cc(O)ccc4F)cccc3C2=O)C(=O)N1. The molecule has 4 rings (SSSR count). The van der Waals surface area contributed by atoms with Gasteiger partial charge >= 0.3 is 0 Å². The average molecular weight is 383 g/mol. The maximum absolute atomic E-state index is 13.9. The number of hydrogen-bond acceptors (Lipinski definition) is 5. The van der Waals surface area contributed by atoms with Crippen LogP contribution in [-0.2, 0) is 22.7 Å². The summed E-state index contributed by atoms with van der Waals surface area (Å²) in [4.78, 5) is 37.8. The molecule has 1 unspecified atom stereocenters. The van der Waals surface area contributed by atoms with Crippen LogP contribution in [0.1, 0.15) is 34.3 Å². The predicted octanol–water partition coefficient (Wildman–Crippen LogP) is 1.90. The summed E-state index contributed by atoms with van der Waals surface area (Å²) in [5, 5.41) is 14.9. The zero-order valence-electron chi connectivity index (χ0n) is 14.9. The highest BCUT2D eigenvalue weighted by Crippen LogP contribution is 2.32. The first-order valence-corrected chi connectivity index (χ1v) is 8.92. The number of piperidine rings is 1. The van der Waals surface area contributed by atoms with Crippen molar-refractivity contribution in [2.24, 2.45) is 0 Å². The van der Waals surface area contributed by atoms with Crippen LogP contribution in [-0.4, -0.2) is 33.8 Å². The van der Waals surface area contributed by atoms with E-state index in [2.05, 4.69) is 10.6 Å². The van der Waals surface area contributed by atoms with Crippen LogP contribution in [0.25, 0.3) is 0 Å². The van der Waals surface area contributed by atoms with Crippen molar-refractivity contribution in [3.8, 4) is 5.75 Å². The number of nitrogens with one attached hydrogen (secondary N) is 2. The average Bonchev–Trinajstić information content (AvgIpc) is 3.00. The zero-order valence-corrected chi connectivity index (χ0v) is 14.9. The summed E-state index contributed by atoms with van der Waals surface area (Å²) in [6, 6.07) is 8.29. The smallest absolute Gasteiger partial charge is 0.255 e. The lowest BCUT2D eigenvalue weighted by molar-refractivity contribution is -0.136. The number of aromatic hydroxyl groups is 1. The Kier molecular flexibility index (Phi) is 4.46. The molecule has 2 aromatic carbocycles. The molecule has 3 amide bonds. The minimum Gasteiger partial charge on any atom is -0.508 e. The normalized spacial score (nSPS) is 18.8. The number of carbonyl (C=O) groups excluding carboxylic acids is 3. The number of benzene rings is 2. The fourth-order valence-corrected chi connectivity index (χ4v) is 3.64. The molecule has 0 aromatic heterocycles. The first-order chi connectivity index (χ1) is 13.4. The largest absolute Gasteiger partial charge is 0.508 e. The molecule has 7 nitrogen and oxygen atoms in total. The van der Waals surface area contributed by atoms with E-state index in [1.54, 1.807) is 18.2 Å². The Morgan fingerprint density at radius 2 is 2.04 bits per heavy atom. The number of amides is 3. The predicted molar refractivity (Wildman–Crippen MR) is 97.9 cm³/mol. The number of imide groups is 1. The number of halogens is 1. The minimum absolute atomic E-state index is 0.0318. The first-order valence-electron chi connectivity index (χ1n) is 8.92. The van der Waals surface area contributed by atoms with E-state index in [0.717, 1.165) is 5.56 Å². The van der Waals surface area contributed by atoms with Gasteiger partial charge in [0.25, 0.3) is 5.91 Å². The topological polar surface area (TPSA) is 98.7 Å². The van der Waals surface area contributed by atoms with Crippen molar-refractivity contribution >= 4 is 23.4 Å². The number of phenolic OH excluding ortho intramolecular Hbond substituents is 1. The lowest BCUT2D eigenvalue weighted by Crippen LogP contribution is -2.52. The molecule has 28 heavy (non-hydrogen) atoms. The van der Waals surface area contributed by atoms with Gasteiger partial charge in [-0.15, -0.1) is 0 Å². The van der Waals surface area contributed by atoms with E-state index < -0.39 is 17.8 Å². The standard InChI is InChI=1S/C20H18FN3O4/c21-15-5-4-12(25)8-11(15)9-22-16-3-1-2-13-14(16)10-24(20(13)28)17-6-7-18(26)23-19(17)27/h1-5,8,17,22,25H,6-7,9-10H2,(H,23,26,27). The molecular formula is C20H18FN3O4. The lowest BCUT2D eigenvalue weighted by atomic mass is 10.0. The summed E-state index contributed by atoms with van der Waals surface area (Å²) in [6.07, 6.45) is 0.486. The molecule has 2 aliphatic rings. The molecule has 1 atom stereocenters. The molecule has 1 fully saturated rings. The van der Waals surface area contributed by atoms with Gasteiger partial charge in [-0.2, -0.15) is 0 Å². The Balaban J connectivity index is 1.55. The summed E-state index contributed by atoms with van der Waals surface area (Å²) < 4.78 is 13.9. The number of fused-ring (bicyclic) bond motifs is 1. The van der Waals surface area contributed by atoms with Gasteiger partial charge in [0, 0.05) is 41.9 Å². The highest BCUT2D eigenvalue weighted by Gasteiger charge is 2.39. The number of phenols is 1. The van der Waals surface area contributed by atoms with Gasteiger partial charge in [-0.05, 0) is 36.8 Å². The van der Waals surface area contributed by atoms with E-state index >= 15 is 0 Å². The molecule has 1 saturated heterocycles. The molecule has 2 aliphatic heterocycles. The second-order valence-corrected chi connectivity index (χ2v) is 6.86. The molecular weight excluding hydrogens is 365 g/mol. The quantitative estimate of drug-likeness (QED) is 0.701. The van der Waals surface area contributed by atoms with E-state index in [-0.39, 0.29) is 37.1 Å². The van der Waals surface area contributed by atoms with Crippen LogP contribution in [0.15, 0.2) is 36.4 Å². The van der Waals surface area contributed by atoms with Crippen LogP contribution in [0.4, 0.5) is 10.1 Å². The van der Waals surface area contributed by atoms with Gasteiger partial charge in [0.15, 0.2) is 0 Å². The molecule has 3 N–H and O–H groups in total. The van der Waals surface area contributed by atoms with Gasteiger partial charge in [-0.1, -0.05) is 6.07 Å². The molecule has 144 valence electrons. The second kappa shape index (κ2) is 6.95. The van der Waals surface area contributed by atoms with Gasteiger partial charge in [-0.3, -0.25) is 19.7 Å². The third kappa shape index (κ3) is 3.17. The summed E-state index contributed by atoms with van der Waals surface area (Å²) in [5.41, 5.74) is 2.15. The Hall–Kier alpha value is -3.42. The van der Waals surface area contributed by atoms with Crippen LogP contribution in [0, 0.1) is 5.82 Å². The van der Waals surface area contributed by atoms with Crippen molar-refractivity contribution in [3.63, 3.8) is 0 Å². The van der Waals surface area contributed by atoms with E-state index in [9.17, 15) is 23.9 Å². The van der Waals surface area contributed by atoms with E-state index in [0.29, 0.717) is 23.2 Å². The Morgan fingerprint density at radius 1 is 1.21 bits per heavy atom. The van der Waals surface area contributed by atoms with E-state index in [1.807, 2.05) is 0 Å². The van der Waals surface area contributed by atoms with Crippen LogP contribution in [0.3, 0.4) is 0 Å². The van der Waals surface area contributed by atoms with Crippen LogP contribution in [0.2, 0.25) is 0 Å². The maximum Gasteiger partial charge on any atom is 0.255 e. The number of carbonyl (C=O) groups is 3. The fraction of sp³-hybridized carbons (Fsp3) is 0.250. The molecule has 2 heterocycles. The van der Waals surface area contributed by atoms with Crippen molar-refractivity contribution in [2.45, 2.75) is 32.0 Å². The molecule has 0 bridgehead atoms. The monoisotopic (exact) mass is 383 g/mol.